The number of para-hydroxylation sites is 2. The molecular formula is C22H14N2O4S. The van der Waals surface area contributed by atoms with Crippen LogP contribution in [-0.2, 0) is 10.0 Å². The van der Waals surface area contributed by atoms with Gasteiger partial charge in [0.25, 0.3) is 10.0 Å². The smallest absolute Gasteiger partial charge is 0.269 e. The molecular weight excluding hydrogens is 388 g/mol. The zero-order chi connectivity index (χ0) is 20.3. The highest BCUT2D eigenvalue weighted by molar-refractivity contribution is 7.90. The lowest BCUT2D eigenvalue weighted by Crippen LogP contribution is -2.22. The van der Waals surface area contributed by atoms with E-state index in [-0.39, 0.29) is 33.2 Å². The summed E-state index contributed by atoms with van der Waals surface area (Å²) < 4.78 is 27.9. The predicted molar refractivity (Wildman–Crippen MR) is 107 cm³/mol. The van der Waals surface area contributed by atoms with E-state index in [1.807, 2.05) is 0 Å². The average molecular weight is 402 g/mol. The number of aromatic nitrogens is 2. The molecule has 0 bridgehead atoms. The van der Waals surface area contributed by atoms with Crippen molar-refractivity contribution in [2.24, 2.45) is 0 Å². The lowest BCUT2D eigenvalue weighted by Gasteiger charge is -2.18. The number of rotatable bonds is 2. The predicted octanol–water partition coefficient (Wildman–Crippen LogP) is 3.36. The lowest BCUT2D eigenvalue weighted by atomic mass is 9.84. The number of ketones is 2. The van der Waals surface area contributed by atoms with Gasteiger partial charge in [-0.2, -0.15) is 0 Å². The number of hydrogen-bond acceptors (Lipinski definition) is 5. The Hall–Kier alpha value is -3.58. The van der Waals surface area contributed by atoms with Crippen molar-refractivity contribution in [3.05, 3.63) is 94.8 Å². The zero-order valence-corrected chi connectivity index (χ0v) is 16.1. The summed E-state index contributed by atoms with van der Waals surface area (Å²) in [7, 11) is -4.01. The van der Waals surface area contributed by atoms with Crippen molar-refractivity contribution in [3.8, 4) is 0 Å². The molecule has 0 saturated carbocycles. The molecule has 0 aliphatic heterocycles. The molecule has 0 unspecified atom stereocenters. The van der Waals surface area contributed by atoms with E-state index in [0.717, 1.165) is 3.97 Å². The molecule has 0 saturated heterocycles. The fourth-order valence-electron chi connectivity index (χ4n) is 3.77. The van der Waals surface area contributed by atoms with E-state index in [0.29, 0.717) is 22.4 Å². The van der Waals surface area contributed by atoms with Crippen LogP contribution in [0.1, 0.15) is 37.7 Å². The number of hydrogen-bond donors (Lipinski definition) is 0. The maximum Gasteiger partial charge on any atom is 0.269 e. The Morgan fingerprint density at radius 2 is 1.34 bits per heavy atom. The molecule has 7 heteroatoms. The second kappa shape index (κ2) is 5.96. The standard InChI is InChI=1S/C22H14N2O4S/c1-13-23-19-8-4-5-9-20(19)24(13)29(27,28)14-10-11-17-18(12-14)22(26)16-7-3-2-6-15(16)21(17)25/h2-12H,1H3. The highest BCUT2D eigenvalue weighted by atomic mass is 32.2. The number of carbonyl (C=O) groups is 2. The monoisotopic (exact) mass is 402 g/mol. The van der Waals surface area contributed by atoms with Gasteiger partial charge < -0.3 is 0 Å². The number of imidazole rings is 1. The fourth-order valence-corrected chi connectivity index (χ4v) is 5.29. The largest absolute Gasteiger partial charge is 0.289 e. The first-order valence-electron chi connectivity index (χ1n) is 8.92. The number of aryl methyl sites for hydroxylation is 1. The van der Waals surface area contributed by atoms with Crippen molar-refractivity contribution < 1.29 is 18.0 Å². The van der Waals surface area contributed by atoms with Gasteiger partial charge >= 0.3 is 0 Å². The van der Waals surface area contributed by atoms with Crippen LogP contribution in [0.2, 0.25) is 0 Å². The van der Waals surface area contributed by atoms with Crippen molar-refractivity contribution in [2.45, 2.75) is 11.8 Å². The van der Waals surface area contributed by atoms with Gasteiger partial charge in [0.15, 0.2) is 11.6 Å². The van der Waals surface area contributed by atoms with Crippen molar-refractivity contribution >= 4 is 32.6 Å². The minimum absolute atomic E-state index is 0.0666. The van der Waals surface area contributed by atoms with Crippen LogP contribution >= 0.6 is 0 Å². The van der Waals surface area contributed by atoms with Gasteiger partial charge in [-0.05, 0) is 37.3 Å². The summed E-state index contributed by atoms with van der Waals surface area (Å²) in [6.07, 6.45) is 0. The molecule has 5 rings (SSSR count). The van der Waals surface area contributed by atoms with Crippen molar-refractivity contribution in [1.29, 1.82) is 0 Å². The maximum absolute atomic E-state index is 13.4. The molecule has 0 atom stereocenters. The van der Waals surface area contributed by atoms with E-state index in [1.54, 1.807) is 55.5 Å². The third-order valence-corrected chi connectivity index (χ3v) is 6.90. The normalized spacial score (nSPS) is 13.4. The Labute approximate surface area is 166 Å². The molecule has 0 radical (unpaired) electrons. The van der Waals surface area contributed by atoms with Gasteiger partial charge in [0, 0.05) is 22.3 Å². The number of carbonyl (C=O) groups excluding carboxylic acids is 2. The Morgan fingerprint density at radius 3 is 2.07 bits per heavy atom. The van der Waals surface area contributed by atoms with Gasteiger partial charge in [0.1, 0.15) is 5.82 Å². The SMILES string of the molecule is Cc1nc2ccccc2n1S(=O)(=O)c1ccc2c(c1)C(=O)c1ccccc1C2=O. The van der Waals surface area contributed by atoms with Gasteiger partial charge in [-0.15, -0.1) is 0 Å². The molecule has 0 fully saturated rings. The third-order valence-electron chi connectivity index (χ3n) is 5.11. The first-order valence-corrected chi connectivity index (χ1v) is 10.4. The van der Waals surface area contributed by atoms with Crippen molar-refractivity contribution in [3.63, 3.8) is 0 Å². The van der Waals surface area contributed by atoms with Crippen LogP contribution in [-0.4, -0.2) is 28.9 Å². The van der Waals surface area contributed by atoms with E-state index >= 15 is 0 Å². The summed E-state index contributed by atoms with van der Waals surface area (Å²) >= 11 is 0. The van der Waals surface area contributed by atoms with Crippen LogP contribution in [0.5, 0.6) is 0 Å². The van der Waals surface area contributed by atoms with E-state index in [9.17, 15) is 18.0 Å². The van der Waals surface area contributed by atoms with E-state index in [1.165, 1.54) is 18.2 Å². The maximum atomic E-state index is 13.4. The van der Waals surface area contributed by atoms with Crippen LogP contribution in [0.3, 0.4) is 0 Å². The molecule has 0 N–H and O–H groups in total. The van der Waals surface area contributed by atoms with Crippen LogP contribution in [0, 0.1) is 6.92 Å². The zero-order valence-electron chi connectivity index (χ0n) is 15.3. The van der Waals surface area contributed by atoms with Gasteiger partial charge in [-0.1, -0.05) is 36.4 Å². The Balaban J connectivity index is 1.72. The summed E-state index contributed by atoms with van der Waals surface area (Å²) in [5.74, 6) is -0.334. The van der Waals surface area contributed by atoms with Gasteiger partial charge in [-0.3, -0.25) is 9.59 Å². The molecule has 0 spiro atoms. The van der Waals surface area contributed by atoms with Crippen molar-refractivity contribution in [2.75, 3.05) is 0 Å². The fraction of sp³-hybridized carbons (Fsp3) is 0.0455. The minimum Gasteiger partial charge on any atom is -0.289 e. The van der Waals surface area contributed by atoms with E-state index in [2.05, 4.69) is 4.98 Å². The van der Waals surface area contributed by atoms with Crippen molar-refractivity contribution in [1.82, 2.24) is 8.96 Å². The first-order chi connectivity index (χ1) is 13.9. The molecule has 1 aromatic heterocycles. The number of benzene rings is 3. The minimum atomic E-state index is -4.01. The van der Waals surface area contributed by atoms with Crippen LogP contribution in [0.25, 0.3) is 11.0 Å². The Morgan fingerprint density at radius 1 is 0.759 bits per heavy atom. The van der Waals surface area contributed by atoms with E-state index in [4.69, 9.17) is 0 Å². The Bertz CT molecular complexity index is 1470. The van der Waals surface area contributed by atoms with Gasteiger partial charge in [-0.25, -0.2) is 17.4 Å². The summed E-state index contributed by atoms with van der Waals surface area (Å²) in [5.41, 5.74) is 1.93. The average Bonchev–Trinajstić information content (AvgIpc) is 3.08. The molecule has 142 valence electrons. The van der Waals surface area contributed by atoms with E-state index < -0.39 is 10.0 Å². The molecule has 1 aliphatic rings. The second-order valence-corrected chi connectivity index (χ2v) is 8.62. The highest BCUT2D eigenvalue weighted by Crippen LogP contribution is 2.30. The number of nitrogens with zero attached hydrogens (tertiary/aromatic N) is 2. The molecule has 6 nitrogen and oxygen atoms in total. The highest BCUT2D eigenvalue weighted by Gasteiger charge is 2.31. The molecule has 29 heavy (non-hydrogen) atoms. The Kier molecular flexibility index (Phi) is 3.60. The van der Waals surface area contributed by atoms with Gasteiger partial charge in [0.2, 0.25) is 0 Å². The van der Waals surface area contributed by atoms with Crippen LogP contribution in [0.4, 0.5) is 0 Å². The third kappa shape index (κ3) is 2.41. The summed E-state index contributed by atoms with van der Waals surface area (Å²) in [5, 5.41) is 0. The number of fused-ring (bicyclic) bond motifs is 3. The second-order valence-electron chi connectivity index (χ2n) is 6.83. The lowest BCUT2D eigenvalue weighted by molar-refractivity contribution is 0.0979. The first kappa shape index (κ1) is 17.5. The molecule has 1 heterocycles. The quantitative estimate of drug-likeness (QED) is 0.452. The molecule has 0 amide bonds. The summed E-state index contributed by atoms with van der Waals surface area (Å²) in [6, 6.07) is 17.5. The van der Waals surface area contributed by atoms with Crippen LogP contribution < -0.4 is 0 Å². The van der Waals surface area contributed by atoms with Crippen LogP contribution in [0.15, 0.2) is 71.6 Å². The van der Waals surface area contributed by atoms with Gasteiger partial charge in [0.05, 0.1) is 15.9 Å². The summed E-state index contributed by atoms with van der Waals surface area (Å²) in [6.45, 7) is 1.61. The molecule has 4 aromatic rings. The molecule has 3 aromatic carbocycles. The molecule has 1 aliphatic carbocycles. The summed E-state index contributed by atoms with van der Waals surface area (Å²) in [4.78, 5) is 29.9. The topological polar surface area (TPSA) is 86.1 Å².